The molecule has 0 unspecified atom stereocenters. The number of aromatic nitrogens is 2. The third-order valence-electron chi connectivity index (χ3n) is 3.18. The minimum Gasteiger partial charge on any atom is -0.313 e. The van der Waals surface area contributed by atoms with Crippen LogP contribution in [0.2, 0.25) is 5.02 Å². The summed E-state index contributed by atoms with van der Waals surface area (Å²) in [6.45, 7) is 7.98. The maximum atomic E-state index is 5.99. The molecule has 0 radical (unpaired) electrons. The second-order valence-electron chi connectivity index (χ2n) is 4.82. The summed E-state index contributed by atoms with van der Waals surface area (Å²) in [6.07, 6.45) is 0. The van der Waals surface area contributed by atoms with Gasteiger partial charge in [0.1, 0.15) is 5.82 Å². The van der Waals surface area contributed by atoms with Crippen LogP contribution in [-0.2, 0) is 12.3 Å². The van der Waals surface area contributed by atoms with Gasteiger partial charge in [0.05, 0.1) is 5.75 Å². The van der Waals surface area contributed by atoms with Crippen molar-refractivity contribution >= 4 is 23.4 Å². The van der Waals surface area contributed by atoms with Crippen molar-refractivity contribution in [3.63, 3.8) is 0 Å². The van der Waals surface area contributed by atoms with Gasteiger partial charge < -0.3 is 5.32 Å². The van der Waals surface area contributed by atoms with E-state index in [4.69, 9.17) is 11.6 Å². The molecule has 0 saturated carbocycles. The Balaban J connectivity index is 2.07. The molecule has 0 aliphatic heterocycles. The van der Waals surface area contributed by atoms with Crippen LogP contribution in [0.3, 0.4) is 0 Å². The van der Waals surface area contributed by atoms with Crippen molar-refractivity contribution in [2.24, 2.45) is 0 Å². The van der Waals surface area contributed by atoms with E-state index in [0.717, 1.165) is 46.0 Å². The number of nitrogens with one attached hydrogen (secondary N) is 1. The maximum absolute atomic E-state index is 5.99. The summed E-state index contributed by atoms with van der Waals surface area (Å²) >= 11 is 7.70. The van der Waals surface area contributed by atoms with Crippen molar-refractivity contribution < 1.29 is 0 Å². The monoisotopic (exact) mass is 321 g/mol. The van der Waals surface area contributed by atoms with Crippen LogP contribution in [0.15, 0.2) is 29.2 Å². The number of aryl methyl sites for hydroxylation is 2. The SMILES string of the molecule is CCNCc1c(C)nc(CSc2cccc(Cl)c2)nc1C. The van der Waals surface area contributed by atoms with E-state index in [2.05, 4.69) is 42.1 Å². The van der Waals surface area contributed by atoms with Crippen molar-refractivity contribution in [2.75, 3.05) is 6.54 Å². The number of thioether (sulfide) groups is 1. The third kappa shape index (κ3) is 4.70. The quantitative estimate of drug-likeness (QED) is 0.811. The summed E-state index contributed by atoms with van der Waals surface area (Å²) in [5.74, 6) is 1.62. The highest BCUT2D eigenvalue weighted by molar-refractivity contribution is 7.98. The molecule has 0 aliphatic carbocycles. The molecule has 5 heteroatoms. The largest absolute Gasteiger partial charge is 0.313 e. The van der Waals surface area contributed by atoms with Gasteiger partial charge in [-0.25, -0.2) is 9.97 Å². The van der Waals surface area contributed by atoms with Crippen molar-refractivity contribution in [3.05, 3.63) is 52.1 Å². The van der Waals surface area contributed by atoms with Crippen LogP contribution in [0.25, 0.3) is 0 Å². The van der Waals surface area contributed by atoms with Gasteiger partial charge in [-0.15, -0.1) is 11.8 Å². The molecule has 112 valence electrons. The zero-order chi connectivity index (χ0) is 15.2. The van der Waals surface area contributed by atoms with Crippen LogP contribution in [0.5, 0.6) is 0 Å². The van der Waals surface area contributed by atoms with Gasteiger partial charge in [-0.1, -0.05) is 24.6 Å². The van der Waals surface area contributed by atoms with Crippen LogP contribution in [-0.4, -0.2) is 16.5 Å². The van der Waals surface area contributed by atoms with E-state index in [9.17, 15) is 0 Å². The second-order valence-corrected chi connectivity index (χ2v) is 6.30. The van der Waals surface area contributed by atoms with Gasteiger partial charge in [-0.2, -0.15) is 0 Å². The highest BCUT2D eigenvalue weighted by Crippen LogP contribution is 2.24. The average Bonchev–Trinajstić information content (AvgIpc) is 2.44. The molecule has 1 heterocycles. The first-order chi connectivity index (χ1) is 10.1. The minimum atomic E-state index is 0.753. The lowest BCUT2D eigenvalue weighted by atomic mass is 10.1. The smallest absolute Gasteiger partial charge is 0.139 e. The molecule has 0 atom stereocenters. The summed E-state index contributed by atoms with van der Waals surface area (Å²) in [5.41, 5.74) is 3.32. The van der Waals surface area contributed by atoms with Crippen LogP contribution >= 0.6 is 23.4 Å². The Bertz CT molecular complexity index is 593. The molecule has 3 nitrogen and oxygen atoms in total. The predicted molar refractivity (Wildman–Crippen MR) is 89.9 cm³/mol. The molecule has 2 aromatic rings. The van der Waals surface area contributed by atoms with Crippen molar-refractivity contribution in [2.45, 2.75) is 38.0 Å². The topological polar surface area (TPSA) is 37.8 Å². The number of hydrogen-bond donors (Lipinski definition) is 1. The van der Waals surface area contributed by atoms with Crippen LogP contribution in [0, 0.1) is 13.8 Å². The Morgan fingerprint density at radius 2 is 1.90 bits per heavy atom. The van der Waals surface area contributed by atoms with E-state index in [1.807, 2.05) is 18.2 Å². The number of rotatable bonds is 6. The molecule has 2 rings (SSSR count). The van der Waals surface area contributed by atoms with Gasteiger partial charge in [0, 0.05) is 33.4 Å². The molecule has 21 heavy (non-hydrogen) atoms. The Morgan fingerprint density at radius 3 is 2.52 bits per heavy atom. The normalized spacial score (nSPS) is 10.9. The highest BCUT2D eigenvalue weighted by atomic mass is 35.5. The number of benzene rings is 1. The molecule has 0 bridgehead atoms. The number of hydrogen-bond acceptors (Lipinski definition) is 4. The van der Waals surface area contributed by atoms with Gasteiger partial charge in [-0.3, -0.25) is 0 Å². The molecule has 0 amide bonds. The molecule has 0 spiro atoms. The fraction of sp³-hybridized carbons (Fsp3) is 0.375. The van der Waals surface area contributed by atoms with Gasteiger partial charge in [-0.05, 0) is 38.6 Å². The Hall–Kier alpha value is -1.10. The summed E-state index contributed by atoms with van der Waals surface area (Å²) in [5, 5.41) is 4.09. The molecular formula is C16H20ClN3S. The van der Waals surface area contributed by atoms with E-state index in [1.165, 1.54) is 5.56 Å². The van der Waals surface area contributed by atoms with Gasteiger partial charge in [0.15, 0.2) is 0 Å². The lowest BCUT2D eigenvalue weighted by Crippen LogP contribution is -2.16. The predicted octanol–water partition coefficient (Wildman–Crippen LogP) is 4.15. The van der Waals surface area contributed by atoms with Crippen molar-refractivity contribution in [1.82, 2.24) is 15.3 Å². The van der Waals surface area contributed by atoms with Crippen molar-refractivity contribution in [3.8, 4) is 0 Å². The highest BCUT2D eigenvalue weighted by Gasteiger charge is 2.08. The minimum absolute atomic E-state index is 0.753. The van der Waals surface area contributed by atoms with Crippen LogP contribution in [0.4, 0.5) is 0 Å². The van der Waals surface area contributed by atoms with Gasteiger partial charge >= 0.3 is 0 Å². The van der Waals surface area contributed by atoms with Crippen molar-refractivity contribution in [1.29, 1.82) is 0 Å². The summed E-state index contributed by atoms with van der Waals surface area (Å²) in [7, 11) is 0. The first-order valence-electron chi connectivity index (χ1n) is 7.02. The molecule has 1 aromatic carbocycles. The van der Waals surface area contributed by atoms with E-state index in [-0.39, 0.29) is 0 Å². The van der Waals surface area contributed by atoms with E-state index >= 15 is 0 Å². The fourth-order valence-electron chi connectivity index (χ4n) is 2.08. The van der Waals surface area contributed by atoms with Gasteiger partial charge in [0.2, 0.25) is 0 Å². The standard InChI is InChI=1S/C16H20ClN3S/c1-4-18-9-15-11(2)19-16(20-12(15)3)10-21-14-7-5-6-13(17)8-14/h5-8,18H,4,9-10H2,1-3H3. The first kappa shape index (κ1) is 16.3. The second kappa shape index (κ2) is 7.78. The summed E-state index contributed by atoms with van der Waals surface area (Å²) in [4.78, 5) is 10.4. The molecular weight excluding hydrogens is 302 g/mol. The maximum Gasteiger partial charge on any atom is 0.139 e. The Kier molecular flexibility index (Phi) is 6.03. The zero-order valence-electron chi connectivity index (χ0n) is 12.6. The van der Waals surface area contributed by atoms with Gasteiger partial charge in [0.25, 0.3) is 0 Å². The first-order valence-corrected chi connectivity index (χ1v) is 8.38. The molecule has 0 fully saturated rings. The lowest BCUT2D eigenvalue weighted by molar-refractivity contribution is 0.707. The summed E-state index contributed by atoms with van der Waals surface area (Å²) < 4.78 is 0. The Labute approximate surface area is 135 Å². The Morgan fingerprint density at radius 1 is 1.19 bits per heavy atom. The van der Waals surface area contributed by atoms with Crippen LogP contribution < -0.4 is 5.32 Å². The fourth-order valence-corrected chi connectivity index (χ4v) is 3.15. The summed E-state index contributed by atoms with van der Waals surface area (Å²) in [6, 6.07) is 7.86. The number of halogens is 1. The third-order valence-corrected chi connectivity index (χ3v) is 4.41. The molecule has 1 aromatic heterocycles. The van der Waals surface area contributed by atoms with Crippen LogP contribution in [0.1, 0.15) is 29.7 Å². The lowest BCUT2D eigenvalue weighted by Gasteiger charge is -2.11. The van der Waals surface area contributed by atoms with E-state index in [1.54, 1.807) is 11.8 Å². The van der Waals surface area contributed by atoms with E-state index < -0.39 is 0 Å². The number of nitrogens with zero attached hydrogens (tertiary/aromatic N) is 2. The average molecular weight is 322 g/mol. The molecule has 0 saturated heterocycles. The zero-order valence-corrected chi connectivity index (χ0v) is 14.2. The molecule has 0 aliphatic rings. The van der Waals surface area contributed by atoms with E-state index in [0.29, 0.717) is 0 Å². The molecule has 1 N–H and O–H groups in total.